The highest BCUT2D eigenvalue weighted by molar-refractivity contribution is 5.27. The molecule has 1 heterocycles. The molecule has 0 radical (unpaired) electrons. The molecule has 88 valence electrons. The predicted molar refractivity (Wildman–Crippen MR) is 67.8 cm³/mol. The van der Waals surface area contributed by atoms with Gasteiger partial charge in [-0.3, -0.25) is 4.68 Å². The molecule has 3 rings (SSSR count). The van der Waals surface area contributed by atoms with Crippen molar-refractivity contribution in [3.8, 4) is 0 Å². The third kappa shape index (κ3) is 2.56. The van der Waals surface area contributed by atoms with Crippen molar-refractivity contribution in [1.29, 1.82) is 0 Å². The fourth-order valence-corrected chi connectivity index (χ4v) is 2.29. The van der Waals surface area contributed by atoms with E-state index in [9.17, 15) is 0 Å². The first-order valence-electron chi connectivity index (χ1n) is 6.19. The summed E-state index contributed by atoms with van der Waals surface area (Å²) in [5.41, 5.74) is 1.46. The maximum absolute atomic E-state index is 4.19. The molecule has 0 bridgehead atoms. The smallest absolute Gasteiger partial charge is 0.0534 e. The Morgan fingerprint density at radius 2 is 2.12 bits per heavy atom. The van der Waals surface area contributed by atoms with Crippen LogP contribution in [0, 0.1) is 0 Å². The van der Waals surface area contributed by atoms with E-state index in [4.69, 9.17) is 0 Å². The van der Waals surface area contributed by atoms with Gasteiger partial charge in [-0.15, -0.1) is 0 Å². The number of benzene rings is 1. The molecule has 1 aliphatic rings. The molecule has 2 atom stereocenters. The van der Waals surface area contributed by atoms with Gasteiger partial charge >= 0.3 is 0 Å². The topological polar surface area (TPSA) is 29.9 Å². The second-order valence-corrected chi connectivity index (χ2v) is 4.58. The minimum Gasteiger partial charge on any atom is -0.312 e. The van der Waals surface area contributed by atoms with Gasteiger partial charge in [0, 0.05) is 30.9 Å². The normalized spacial score (nSPS) is 22.6. The van der Waals surface area contributed by atoms with Crippen LogP contribution in [0.25, 0.3) is 0 Å². The average molecular weight is 227 g/mol. The van der Waals surface area contributed by atoms with Gasteiger partial charge < -0.3 is 5.32 Å². The number of nitrogens with zero attached hydrogens (tertiary/aromatic N) is 2. The minimum absolute atomic E-state index is 0.660. The van der Waals surface area contributed by atoms with Crippen molar-refractivity contribution < 1.29 is 0 Å². The summed E-state index contributed by atoms with van der Waals surface area (Å²) in [5, 5.41) is 7.77. The second kappa shape index (κ2) is 4.72. The zero-order valence-corrected chi connectivity index (χ0v) is 9.79. The minimum atomic E-state index is 0.660. The molecule has 0 saturated heterocycles. The molecule has 0 spiro atoms. The summed E-state index contributed by atoms with van der Waals surface area (Å²) in [5.74, 6) is 0.717. The maximum Gasteiger partial charge on any atom is 0.0534 e. The van der Waals surface area contributed by atoms with Gasteiger partial charge in [-0.1, -0.05) is 30.3 Å². The molecule has 3 heteroatoms. The molecule has 0 amide bonds. The van der Waals surface area contributed by atoms with E-state index in [-0.39, 0.29) is 0 Å². The Balaban J connectivity index is 1.44. The third-order valence-corrected chi connectivity index (χ3v) is 3.32. The van der Waals surface area contributed by atoms with Crippen LogP contribution in [0.4, 0.5) is 0 Å². The van der Waals surface area contributed by atoms with Crippen LogP contribution in [0.15, 0.2) is 48.8 Å². The molecular weight excluding hydrogens is 210 g/mol. The van der Waals surface area contributed by atoms with Gasteiger partial charge in [0.05, 0.1) is 6.54 Å². The highest BCUT2D eigenvalue weighted by Gasteiger charge is 2.37. The summed E-state index contributed by atoms with van der Waals surface area (Å²) in [6.07, 6.45) is 5.09. The predicted octanol–water partition coefficient (Wildman–Crippen LogP) is 2.03. The SMILES string of the molecule is c1ccc(C2CC2NCCn2cccn2)cc1. The lowest BCUT2D eigenvalue weighted by atomic mass is 10.1. The van der Waals surface area contributed by atoms with Crippen molar-refractivity contribution in [1.82, 2.24) is 15.1 Å². The van der Waals surface area contributed by atoms with E-state index in [2.05, 4.69) is 40.7 Å². The zero-order valence-electron chi connectivity index (χ0n) is 9.79. The van der Waals surface area contributed by atoms with Crippen molar-refractivity contribution in [3.05, 3.63) is 54.4 Å². The van der Waals surface area contributed by atoms with E-state index in [0.717, 1.165) is 13.1 Å². The average Bonchev–Trinajstić information content (AvgIpc) is 2.95. The van der Waals surface area contributed by atoms with Crippen LogP contribution in [-0.2, 0) is 6.54 Å². The van der Waals surface area contributed by atoms with Crippen molar-refractivity contribution in [3.63, 3.8) is 0 Å². The lowest BCUT2D eigenvalue weighted by Gasteiger charge is -2.04. The van der Waals surface area contributed by atoms with Crippen LogP contribution >= 0.6 is 0 Å². The summed E-state index contributed by atoms with van der Waals surface area (Å²) < 4.78 is 1.97. The lowest BCUT2D eigenvalue weighted by Crippen LogP contribution is -2.23. The molecule has 17 heavy (non-hydrogen) atoms. The molecule has 1 fully saturated rings. The van der Waals surface area contributed by atoms with E-state index < -0.39 is 0 Å². The van der Waals surface area contributed by atoms with Crippen LogP contribution in [-0.4, -0.2) is 22.4 Å². The van der Waals surface area contributed by atoms with E-state index in [1.807, 2.05) is 23.1 Å². The van der Waals surface area contributed by atoms with Gasteiger partial charge in [0.15, 0.2) is 0 Å². The Labute approximate surface area is 101 Å². The van der Waals surface area contributed by atoms with E-state index in [1.165, 1.54) is 12.0 Å². The standard InChI is InChI=1S/C14H17N3/c1-2-5-12(6-3-1)13-11-14(13)15-8-10-17-9-4-7-16-17/h1-7,9,13-15H,8,10-11H2. The fourth-order valence-electron chi connectivity index (χ4n) is 2.29. The summed E-state index contributed by atoms with van der Waals surface area (Å²) in [7, 11) is 0. The third-order valence-electron chi connectivity index (χ3n) is 3.32. The Bertz CT molecular complexity index is 450. The van der Waals surface area contributed by atoms with Crippen LogP contribution < -0.4 is 5.32 Å². The number of aromatic nitrogens is 2. The number of nitrogens with one attached hydrogen (secondary N) is 1. The Kier molecular flexibility index (Phi) is 2.92. The van der Waals surface area contributed by atoms with Gasteiger partial charge in [0.25, 0.3) is 0 Å². The van der Waals surface area contributed by atoms with Crippen molar-refractivity contribution in [2.75, 3.05) is 6.54 Å². The van der Waals surface area contributed by atoms with Crippen LogP contribution in [0.3, 0.4) is 0 Å². The number of rotatable bonds is 5. The molecule has 2 unspecified atom stereocenters. The summed E-state index contributed by atoms with van der Waals surface area (Å²) in [4.78, 5) is 0. The first-order valence-corrected chi connectivity index (χ1v) is 6.19. The molecule has 1 saturated carbocycles. The van der Waals surface area contributed by atoms with E-state index >= 15 is 0 Å². The van der Waals surface area contributed by atoms with Crippen LogP contribution in [0.5, 0.6) is 0 Å². The largest absolute Gasteiger partial charge is 0.312 e. The maximum atomic E-state index is 4.19. The van der Waals surface area contributed by atoms with Crippen molar-refractivity contribution in [2.24, 2.45) is 0 Å². The molecule has 1 aliphatic carbocycles. The van der Waals surface area contributed by atoms with Crippen LogP contribution in [0.2, 0.25) is 0 Å². The number of hydrogen-bond donors (Lipinski definition) is 1. The van der Waals surface area contributed by atoms with Crippen molar-refractivity contribution in [2.45, 2.75) is 24.9 Å². The monoisotopic (exact) mass is 227 g/mol. The highest BCUT2D eigenvalue weighted by Crippen LogP contribution is 2.40. The molecule has 2 aromatic rings. The van der Waals surface area contributed by atoms with Crippen LogP contribution in [0.1, 0.15) is 17.9 Å². The Morgan fingerprint density at radius 3 is 2.88 bits per heavy atom. The molecule has 1 aromatic carbocycles. The zero-order chi connectivity index (χ0) is 11.5. The Hall–Kier alpha value is -1.61. The summed E-state index contributed by atoms with van der Waals surface area (Å²) in [6.45, 7) is 1.95. The van der Waals surface area contributed by atoms with Gasteiger partial charge in [0.1, 0.15) is 0 Å². The highest BCUT2D eigenvalue weighted by atomic mass is 15.3. The van der Waals surface area contributed by atoms with Crippen molar-refractivity contribution >= 4 is 0 Å². The number of hydrogen-bond acceptors (Lipinski definition) is 2. The van der Waals surface area contributed by atoms with Gasteiger partial charge in [-0.05, 0) is 18.1 Å². The lowest BCUT2D eigenvalue weighted by molar-refractivity contribution is 0.549. The fraction of sp³-hybridized carbons (Fsp3) is 0.357. The Morgan fingerprint density at radius 1 is 1.24 bits per heavy atom. The molecule has 3 nitrogen and oxygen atoms in total. The molecular formula is C14H17N3. The molecule has 1 aromatic heterocycles. The second-order valence-electron chi connectivity index (χ2n) is 4.58. The quantitative estimate of drug-likeness (QED) is 0.847. The molecule has 0 aliphatic heterocycles. The first-order chi connectivity index (χ1) is 8.43. The van der Waals surface area contributed by atoms with Gasteiger partial charge in [-0.2, -0.15) is 5.10 Å². The molecule has 1 N–H and O–H groups in total. The van der Waals surface area contributed by atoms with Gasteiger partial charge in [-0.25, -0.2) is 0 Å². The van der Waals surface area contributed by atoms with Gasteiger partial charge in [0.2, 0.25) is 0 Å². The van der Waals surface area contributed by atoms with E-state index in [1.54, 1.807) is 0 Å². The summed E-state index contributed by atoms with van der Waals surface area (Å²) >= 11 is 0. The first kappa shape index (κ1) is 10.5. The summed E-state index contributed by atoms with van der Waals surface area (Å²) in [6, 6.07) is 13.4. The van der Waals surface area contributed by atoms with E-state index in [0.29, 0.717) is 12.0 Å².